The second-order valence-corrected chi connectivity index (χ2v) is 8.36. The number of likely N-dealkylation sites (tertiary alicyclic amines) is 1. The minimum absolute atomic E-state index is 0.0172. The zero-order chi connectivity index (χ0) is 22.5. The van der Waals surface area contributed by atoms with Gasteiger partial charge in [0.2, 0.25) is 5.95 Å². The summed E-state index contributed by atoms with van der Waals surface area (Å²) in [6.45, 7) is 7.42. The predicted molar refractivity (Wildman–Crippen MR) is 125 cm³/mol. The van der Waals surface area contributed by atoms with E-state index in [1.807, 2.05) is 19.9 Å². The van der Waals surface area contributed by atoms with Crippen LogP contribution in [-0.2, 0) is 13.2 Å². The van der Waals surface area contributed by atoms with E-state index in [0.717, 1.165) is 66.3 Å². The lowest BCUT2D eigenvalue weighted by atomic mass is 9.92. The van der Waals surface area contributed by atoms with Crippen LogP contribution in [0.4, 0.5) is 5.95 Å². The molecule has 0 unspecified atom stereocenters. The Morgan fingerprint density at radius 3 is 2.72 bits per heavy atom. The fourth-order valence-electron chi connectivity index (χ4n) is 4.41. The van der Waals surface area contributed by atoms with Gasteiger partial charge in [-0.2, -0.15) is 0 Å². The van der Waals surface area contributed by atoms with Gasteiger partial charge in [0.05, 0.1) is 13.2 Å². The number of aromatic nitrogens is 3. The molecule has 1 aliphatic heterocycles. The van der Waals surface area contributed by atoms with Crippen LogP contribution in [0.1, 0.15) is 48.2 Å². The van der Waals surface area contributed by atoms with Crippen molar-refractivity contribution in [2.24, 2.45) is 0 Å². The molecule has 2 aromatic heterocycles. The largest absolute Gasteiger partial charge is 0.494 e. The number of nitrogens with zero attached hydrogens (tertiary/aromatic N) is 4. The molecule has 0 aliphatic carbocycles. The second-order valence-electron chi connectivity index (χ2n) is 8.36. The summed E-state index contributed by atoms with van der Waals surface area (Å²) in [5.41, 5.74) is 11.8. The number of benzene rings is 1. The van der Waals surface area contributed by atoms with E-state index in [1.165, 1.54) is 5.56 Å². The lowest BCUT2D eigenvalue weighted by Crippen LogP contribution is -2.34. The van der Waals surface area contributed by atoms with Crippen LogP contribution in [0, 0.1) is 6.92 Å². The molecule has 3 heterocycles. The van der Waals surface area contributed by atoms with Crippen molar-refractivity contribution in [2.75, 3.05) is 25.4 Å². The number of pyridine rings is 1. The van der Waals surface area contributed by atoms with E-state index in [0.29, 0.717) is 12.5 Å². The van der Waals surface area contributed by atoms with Crippen LogP contribution in [0.15, 0.2) is 42.7 Å². The molecule has 0 amide bonds. The highest BCUT2D eigenvalue weighted by molar-refractivity contribution is 5.63. The molecule has 32 heavy (non-hydrogen) atoms. The van der Waals surface area contributed by atoms with Crippen molar-refractivity contribution in [1.29, 1.82) is 0 Å². The first-order valence-electron chi connectivity index (χ1n) is 11.2. The van der Waals surface area contributed by atoms with Crippen LogP contribution in [-0.4, -0.2) is 44.7 Å². The third kappa shape index (κ3) is 5.23. The number of nitrogens with two attached hydrogens (primary N) is 1. The highest BCUT2D eigenvalue weighted by atomic mass is 16.5. The van der Waals surface area contributed by atoms with E-state index in [4.69, 9.17) is 15.5 Å². The Hall–Kier alpha value is -3.03. The van der Waals surface area contributed by atoms with Gasteiger partial charge in [0, 0.05) is 53.9 Å². The Kier molecular flexibility index (Phi) is 6.97. The molecule has 1 aromatic carbocycles. The molecule has 0 bridgehead atoms. The Bertz CT molecular complexity index is 1050. The van der Waals surface area contributed by atoms with Crippen LogP contribution < -0.4 is 10.5 Å². The molecule has 1 aliphatic rings. The fourth-order valence-corrected chi connectivity index (χ4v) is 4.41. The van der Waals surface area contributed by atoms with E-state index in [9.17, 15) is 5.11 Å². The Balaban J connectivity index is 1.50. The number of anilines is 1. The standard InChI is InChI=1S/C25H31N5O2/c1-3-32-24-7-6-18(10-21(24)16-31)14-30-8-4-5-19(15-30)23-11-20(9-17(2)29-23)22-12-27-25(26)28-13-22/h6-7,9-13,19,31H,3-5,8,14-16H2,1-2H3,(H2,26,27,28)/t19-/m1/s1. The quantitative estimate of drug-likeness (QED) is 0.586. The third-order valence-electron chi connectivity index (χ3n) is 5.90. The molecule has 4 rings (SSSR count). The summed E-state index contributed by atoms with van der Waals surface area (Å²) in [6, 6.07) is 10.3. The van der Waals surface area contributed by atoms with Gasteiger partial charge in [-0.25, -0.2) is 9.97 Å². The van der Waals surface area contributed by atoms with Crippen molar-refractivity contribution in [3.05, 3.63) is 65.2 Å². The zero-order valence-electron chi connectivity index (χ0n) is 18.8. The van der Waals surface area contributed by atoms with E-state index in [-0.39, 0.29) is 12.6 Å². The first-order chi connectivity index (χ1) is 15.6. The molecule has 1 atom stereocenters. The van der Waals surface area contributed by atoms with Gasteiger partial charge < -0.3 is 15.6 Å². The van der Waals surface area contributed by atoms with Crippen LogP contribution in [0.25, 0.3) is 11.1 Å². The summed E-state index contributed by atoms with van der Waals surface area (Å²) < 4.78 is 5.62. The lowest BCUT2D eigenvalue weighted by molar-refractivity contribution is 0.198. The molecule has 168 valence electrons. The van der Waals surface area contributed by atoms with E-state index in [1.54, 1.807) is 12.4 Å². The predicted octanol–water partition coefficient (Wildman–Crippen LogP) is 3.70. The van der Waals surface area contributed by atoms with Gasteiger partial charge in [-0.05, 0) is 68.6 Å². The van der Waals surface area contributed by atoms with Crippen LogP contribution in [0.5, 0.6) is 5.75 Å². The molecule has 7 nitrogen and oxygen atoms in total. The highest BCUT2D eigenvalue weighted by Gasteiger charge is 2.23. The lowest BCUT2D eigenvalue weighted by Gasteiger charge is -2.33. The van der Waals surface area contributed by atoms with Gasteiger partial charge in [0.1, 0.15) is 5.75 Å². The van der Waals surface area contributed by atoms with Crippen molar-refractivity contribution < 1.29 is 9.84 Å². The maximum Gasteiger partial charge on any atom is 0.219 e. The highest BCUT2D eigenvalue weighted by Crippen LogP contribution is 2.30. The minimum Gasteiger partial charge on any atom is -0.494 e. The van der Waals surface area contributed by atoms with Crippen LogP contribution >= 0.6 is 0 Å². The maximum atomic E-state index is 9.71. The molecule has 1 saturated heterocycles. The van der Waals surface area contributed by atoms with Crippen molar-refractivity contribution in [1.82, 2.24) is 19.9 Å². The van der Waals surface area contributed by atoms with Gasteiger partial charge in [0.25, 0.3) is 0 Å². The minimum atomic E-state index is -0.0172. The Labute approximate surface area is 189 Å². The second kappa shape index (κ2) is 10.1. The molecular weight excluding hydrogens is 402 g/mol. The molecular formula is C25H31N5O2. The maximum absolute atomic E-state index is 9.71. The number of aliphatic hydroxyl groups is 1. The van der Waals surface area contributed by atoms with E-state index in [2.05, 4.69) is 39.1 Å². The van der Waals surface area contributed by atoms with Gasteiger partial charge in [-0.1, -0.05) is 6.07 Å². The summed E-state index contributed by atoms with van der Waals surface area (Å²) in [5.74, 6) is 1.41. The van der Waals surface area contributed by atoms with Gasteiger partial charge in [-0.15, -0.1) is 0 Å². The van der Waals surface area contributed by atoms with Crippen molar-refractivity contribution >= 4 is 5.95 Å². The molecule has 3 N–H and O–H groups in total. The number of hydrogen-bond acceptors (Lipinski definition) is 7. The number of rotatable bonds is 7. The number of piperidine rings is 1. The summed E-state index contributed by atoms with van der Waals surface area (Å²) in [4.78, 5) is 15.6. The number of aliphatic hydroxyl groups excluding tert-OH is 1. The normalized spacial score (nSPS) is 16.8. The molecule has 7 heteroatoms. The Morgan fingerprint density at radius 2 is 1.97 bits per heavy atom. The zero-order valence-corrected chi connectivity index (χ0v) is 18.8. The average molecular weight is 434 g/mol. The summed E-state index contributed by atoms with van der Waals surface area (Å²) in [5, 5.41) is 9.71. The Morgan fingerprint density at radius 1 is 1.16 bits per heavy atom. The number of aryl methyl sites for hydroxylation is 1. The summed E-state index contributed by atoms with van der Waals surface area (Å²) >= 11 is 0. The van der Waals surface area contributed by atoms with Crippen molar-refractivity contribution in [2.45, 2.75) is 45.8 Å². The van der Waals surface area contributed by atoms with Gasteiger partial charge >= 0.3 is 0 Å². The molecule has 0 radical (unpaired) electrons. The first-order valence-corrected chi connectivity index (χ1v) is 11.2. The monoisotopic (exact) mass is 433 g/mol. The first kappa shape index (κ1) is 22.2. The van der Waals surface area contributed by atoms with Crippen molar-refractivity contribution in [3.63, 3.8) is 0 Å². The number of nitrogen functional groups attached to an aromatic ring is 1. The molecule has 0 saturated carbocycles. The molecule has 0 spiro atoms. The third-order valence-corrected chi connectivity index (χ3v) is 5.90. The smallest absolute Gasteiger partial charge is 0.219 e. The molecule has 3 aromatic rings. The molecule has 1 fully saturated rings. The van der Waals surface area contributed by atoms with Gasteiger partial charge in [0.15, 0.2) is 0 Å². The van der Waals surface area contributed by atoms with Crippen LogP contribution in [0.2, 0.25) is 0 Å². The number of hydrogen-bond donors (Lipinski definition) is 2. The van der Waals surface area contributed by atoms with E-state index >= 15 is 0 Å². The summed E-state index contributed by atoms with van der Waals surface area (Å²) in [7, 11) is 0. The SMILES string of the molecule is CCOc1ccc(CN2CCC[C@@H](c3cc(-c4cnc(N)nc4)cc(C)n3)C2)cc1CO. The summed E-state index contributed by atoms with van der Waals surface area (Å²) in [6.07, 6.45) is 5.78. The van der Waals surface area contributed by atoms with E-state index < -0.39 is 0 Å². The number of ether oxygens (including phenoxy) is 1. The van der Waals surface area contributed by atoms with Crippen molar-refractivity contribution in [3.8, 4) is 16.9 Å². The van der Waals surface area contributed by atoms with Gasteiger partial charge in [-0.3, -0.25) is 9.88 Å². The average Bonchev–Trinajstić information content (AvgIpc) is 2.80. The fraction of sp³-hybridized carbons (Fsp3) is 0.400. The van der Waals surface area contributed by atoms with Crippen LogP contribution in [0.3, 0.4) is 0 Å². The topological polar surface area (TPSA) is 97.4 Å².